The highest BCUT2D eigenvalue weighted by atomic mass is 16.5. The molecule has 0 N–H and O–H groups in total. The number of benzene rings is 4. The van der Waals surface area contributed by atoms with Crippen LogP contribution in [-0.4, -0.2) is 17.8 Å². The number of carbonyl (C=O) groups is 3. The lowest BCUT2D eigenvalue weighted by atomic mass is 10.0. The summed E-state index contributed by atoms with van der Waals surface area (Å²) in [5.74, 6) is -0.974. The van der Waals surface area contributed by atoms with Gasteiger partial charge in [-0.15, -0.1) is 0 Å². The van der Waals surface area contributed by atoms with Crippen molar-refractivity contribution in [3.63, 3.8) is 0 Å². The Labute approximate surface area is 184 Å². The van der Waals surface area contributed by atoms with Crippen molar-refractivity contribution in [2.45, 2.75) is 0 Å². The monoisotopic (exact) mass is 419 g/mol. The van der Waals surface area contributed by atoms with E-state index in [2.05, 4.69) is 0 Å². The molecule has 0 aliphatic carbocycles. The predicted octanol–water partition coefficient (Wildman–Crippen LogP) is 5.37. The molecule has 0 bridgehead atoms. The van der Waals surface area contributed by atoms with Crippen LogP contribution in [0.3, 0.4) is 0 Å². The maximum atomic E-state index is 12.9. The molecule has 32 heavy (non-hydrogen) atoms. The summed E-state index contributed by atoms with van der Waals surface area (Å²) < 4.78 is 5.69. The third kappa shape index (κ3) is 3.36. The Hall–Kier alpha value is -4.51. The average molecular weight is 419 g/mol. The quantitative estimate of drug-likeness (QED) is 0.253. The lowest BCUT2D eigenvalue weighted by molar-refractivity contribution is 0.0734. The summed E-state index contributed by atoms with van der Waals surface area (Å²) >= 11 is 0. The van der Waals surface area contributed by atoms with Gasteiger partial charge < -0.3 is 4.74 Å². The van der Waals surface area contributed by atoms with E-state index in [9.17, 15) is 14.4 Å². The fourth-order valence-corrected chi connectivity index (χ4v) is 3.77. The van der Waals surface area contributed by atoms with Crippen LogP contribution < -0.4 is 9.64 Å². The zero-order chi connectivity index (χ0) is 22.1. The summed E-state index contributed by atoms with van der Waals surface area (Å²) in [6.07, 6.45) is 0. The van der Waals surface area contributed by atoms with Gasteiger partial charge in [-0.1, -0.05) is 66.7 Å². The van der Waals surface area contributed by atoms with Gasteiger partial charge in [0, 0.05) is 5.56 Å². The molecule has 2 amide bonds. The number of fused-ring (bicyclic) bond motifs is 1. The van der Waals surface area contributed by atoms with E-state index in [0.717, 1.165) is 16.0 Å². The third-order valence-electron chi connectivity index (χ3n) is 5.31. The lowest BCUT2D eigenvalue weighted by Crippen LogP contribution is -2.29. The number of carbonyl (C=O) groups excluding carboxylic acids is 3. The summed E-state index contributed by atoms with van der Waals surface area (Å²) in [7, 11) is 0. The molecule has 0 saturated heterocycles. The lowest BCUT2D eigenvalue weighted by Gasteiger charge is -2.15. The second-order valence-corrected chi connectivity index (χ2v) is 7.29. The Balaban J connectivity index is 1.44. The number of ether oxygens (including phenoxy) is 1. The van der Waals surface area contributed by atoms with Crippen molar-refractivity contribution in [2.24, 2.45) is 0 Å². The fourth-order valence-electron chi connectivity index (χ4n) is 3.77. The molecule has 1 aliphatic rings. The molecule has 5 heteroatoms. The smallest absolute Gasteiger partial charge is 0.343 e. The summed E-state index contributed by atoms with van der Waals surface area (Å²) in [5, 5.41) is 0. The summed E-state index contributed by atoms with van der Waals surface area (Å²) in [6.45, 7) is 0. The Morgan fingerprint density at radius 3 is 1.91 bits per heavy atom. The normalized spacial score (nSPS) is 12.6. The first-order valence-electron chi connectivity index (χ1n) is 10.1. The maximum absolute atomic E-state index is 12.9. The first kappa shape index (κ1) is 19.5. The van der Waals surface area contributed by atoms with Crippen LogP contribution in [0.1, 0.15) is 31.1 Å². The minimum Gasteiger partial charge on any atom is -0.422 e. The summed E-state index contributed by atoms with van der Waals surface area (Å²) in [4.78, 5) is 39.6. The van der Waals surface area contributed by atoms with Crippen molar-refractivity contribution < 1.29 is 19.1 Å². The van der Waals surface area contributed by atoms with E-state index in [1.807, 2.05) is 42.5 Å². The first-order valence-corrected chi connectivity index (χ1v) is 10.1. The van der Waals surface area contributed by atoms with Crippen molar-refractivity contribution in [3.8, 4) is 16.9 Å². The van der Waals surface area contributed by atoms with E-state index in [1.165, 1.54) is 6.07 Å². The van der Waals surface area contributed by atoms with Gasteiger partial charge in [-0.05, 0) is 42.0 Å². The van der Waals surface area contributed by atoms with Crippen LogP contribution in [0.2, 0.25) is 0 Å². The number of hydrogen-bond acceptors (Lipinski definition) is 4. The van der Waals surface area contributed by atoms with Crippen molar-refractivity contribution in [1.29, 1.82) is 0 Å². The number of hydrogen-bond donors (Lipinski definition) is 0. The Morgan fingerprint density at radius 2 is 1.22 bits per heavy atom. The van der Waals surface area contributed by atoms with Crippen LogP contribution in [0, 0.1) is 0 Å². The molecule has 4 aromatic carbocycles. The van der Waals surface area contributed by atoms with Crippen LogP contribution in [0.25, 0.3) is 11.1 Å². The summed E-state index contributed by atoms with van der Waals surface area (Å²) in [6, 6.07) is 29.9. The topological polar surface area (TPSA) is 63.7 Å². The number of para-hydroxylation sites is 1. The highest BCUT2D eigenvalue weighted by Crippen LogP contribution is 2.31. The molecule has 0 atom stereocenters. The second-order valence-electron chi connectivity index (χ2n) is 7.29. The number of rotatable bonds is 4. The van der Waals surface area contributed by atoms with Crippen LogP contribution in [0.15, 0.2) is 103 Å². The predicted molar refractivity (Wildman–Crippen MR) is 121 cm³/mol. The molecular weight excluding hydrogens is 402 g/mol. The van der Waals surface area contributed by atoms with Gasteiger partial charge in [-0.25, -0.2) is 9.69 Å². The molecule has 0 spiro atoms. The van der Waals surface area contributed by atoms with Crippen LogP contribution in [-0.2, 0) is 0 Å². The van der Waals surface area contributed by atoms with E-state index < -0.39 is 17.8 Å². The fraction of sp³-hybridized carbons (Fsp3) is 0. The number of nitrogens with zero attached hydrogens (tertiary/aromatic N) is 1. The van der Waals surface area contributed by atoms with Gasteiger partial charge >= 0.3 is 5.97 Å². The molecule has 4 aromatic rings. The van der Waals surface area contributed by atoms with Gasteiger partial charge in [0.05, 0.1) is 22.4 Å². The Bertz CT molecular complexity index is 1330. The van der Waals surface area contributed by atoms with Gasteiger partial charge in [0.15, 0.2) is 0 Å². The minimum atomic E-state index is -0.577. The van der Waals surface area contributed by atoms with E-state index in [1.54, 1.807) is 54.6 Å². The molecule has 1 heterocycles. The first-order chi connectivity index (χ1) is 15.6. The average Bonchev–Trinajstić information content (AvgIpc) is 3.10. The largest absolute Gasteiger partial charge is 0.422 e. The second kappa shape index (κ2) is 7.96. The van der Waals surface area contributed by atoms with Gasteiger partial charge in [-0.3, -0.25) is 9.59 Å². The van der Waals surface area contributed by atoms with Gasteiger partial charge in [0.2, 0.25) is 0 Å². The van der Waals surface area contributed by atoms with E-state index >= 15 is 0 Å². The van der Waals surface area contributed by atoms with E-state index in [-0.39, 0.29) is 5.56 Å². The van der Waals surface area contributed by atoms with Crippen molar-refractivity contribution >= 4 is 23.5 Å². The zero-order valence-corrected chi connectivity index (χ0v) is 16.9. The van der Waals surface area contributed by atoms with E-state index in [4.69, 9.17) is 4.74 Å². The molecule has 5 rings (SSSR count). The van der Waals surface area contributed by atoms with Crippen molar-refractivity contribution in [2.75, 3.05) is 4.90 Å². The molecule has 0 radical (unpaired) electrons. The molecule has 0 fully saturated rings. The number of esters is 1. The molecular formula is C27H17NO4. The van der Waals surface area contributed by atoms with Crippen molar-refractivity contribution in [1.82, 2.24) is 0 Å². The van der Waals surface area contributed by atoms with Gasteiger partial charge in [0.1, 0.15) is 5.75 Å². The highest BCUT2D eigenvalue weighted by Gasteiger charge is 2.36. The van der Waals surface area contributed by atoms with Crippen LogP contribution in [0.5, 0.6) is 5.75 Å². The molecule has 154 valence electrons. The molecule has 0 aromatic heterocycles. The minimum absolute atomic E-state index is 0.238. The van der Waals surface area contributed by atoms with Gasteiger partial charge in [0.25, 0.3) is 11.8 Å². The molecule has 0 saturated carbocycles. The van der Waals surface area contributed by atoms with Gasteiger partial charge in [-0.2, -0.15) is 0 Å². The molecule has 0 unspecified atom stereocenters. The standard InChI is InChI=1S/C27H17NO4/c29-25-22-14-4-5-15-23(22)26(30)28(25)20-12-8-11-19(17-20)27(31)32-24-16-7-6-13-21(24)18-9-2-1-3-10-18/h1-17H. The maximum Gasteiger partial charge on any atom is 0.343 e. The van der Waals surface area contributed by atoms with E-state index in [0.29, 0.717) is 22.6 Å². The number of anilines is 1. The Morgan fingerprint density at radius 1 is 0.625 bits per heavy atom. The van der Waals surface area contributed by atoms with Crippen LogP contribution >= 0.6 is 0 Å². The zero-order valence-electron chi connectivity index (χ0n) is 16.9. The third-order valence-corrected chi connectivity index (χ3v) is 5.31. The summed E-state index contributed by atoms with van der Waals surface area (Å²) in [5.41, 5.74) is 2.97. The Kier molecular flexibility index (Phi) is 4.84. The van der Waals surface area contributed by atoms with Crippen LogP contribution in [0.4, 0.5) is 5.69 Å². The SMILES string of the molecule is O=C(Oc1ccccc1-c1ccccc1)c1cccc(N2C(=O)c3ccccc3C2=O)c1. The molecule has 1 aliphatic heterocycles. The molecule has 5 nitrogen and oxygen atoms in total. The number of amides is 2. The highest BCUT2D eigenvalue weighted by molar-refractivity contribution is 6.34. The number of imide groups is 1. The van der Waals surface area contributed by atoms with Crippen molar-refractivity contribution in [3.05, 3.63) is 120 Å².